The van der Waals surface area contributed by atoms with Gasteiger partial charge in [-0.1, -0.05) is 4.91 Å². The molecule has 0 aliphatic carbocycles. The van der Waals surface area contributed by atoms with Crippen LogP contribution in [0.25, 0.3) is 0 Å². The van der Waals surface area contributed by atoms with Crippen molar-refractivity contribution < 1.29 is 9.96 Å². The molecule has 5 heteroatoms. The van der Waals surface area contributed by atoms with Crippen molar-refractivity contribution in [2.75, 3.05) is 20.1 Å². The molecule has 0 aromatic carbocycles. The van der Waals surface area contributed by atoms with E-state index in [-0.39, 0.29) is 13.1 Å². The molecule has 0 aromatic rings. The number of hydrogen-bond acceptors (Lipinski definition) is 4. The van der Waals surface area contributed by atoms with Gasteiger partial charge in [-0.05, 0) is 4.76 Å². The topological polar surface area (TPSA) is 75.7 Å². The second-order valence-electron chi connectivity index (χ2n) is 1.68. The predicted octanol–water partition coefficient (Wildman–Crippen LogP) is -0.538. The molecule has 0 fully saturated rings. The Hall–Kier alpha value is -0.520. The van der Waals surface area contributed by atoms with Gasteiger partial charge in [0, 0.05) is 6.54 Å². The molecule has 8 heavy (non-hydrogen) atoms. The summed E-state index contributed by atoms with van der Waals surface area (Å²) in [6.45, 7) is 0.405. The second kappa shape index (κ2) is 2.71. The number of rotatable bonds is 3. The van der Waals surface area contributed by atoms with E-state index in [0.29, 0.717) is 0 Å². The van der Waals surface area contributed by atoms with Crippen LogP contribution in [0.15, 0.2) is 5.29 Å². The molecule has 0 aliphatic heterocycles. The maximum Gasteiger partial charge on any atom is 0.189 e. The van der Waals surface area contributed by atoms with Gasteiger partial charge in [-0.15, -0.1) is 0 Å². The second-order valence-corrected chi connectivity index (χ2v) is 1.68. The minimum Gasteiger partial charge on any atom is -0.325 e. The molecule has 0 amide bonds. The largest absolute Gasteiger partial charge is 0.325 e. The molecular weight excluding hydrogens is 110 g/mol. The van der Waals surface area contributed by atoms with Crippen LogP contribution < -0.4 is 5.73 Å². The zero-order valence-corrected chi connectivity index (χ0v) is 4.74. The third kappa shape index (κ3) is 2.62. The lowest BCUT2D eigenvalue weighted by atomic mass is 10.6. The molecule has 0 bridgehead atoms. The summed E-state index contributed by atoms with van der Waals surface area (Å²) in [4.78, 5) is 9.63. The maximum absolute atomic E-state index is 9.63. The quantitative estimate of drug-likeness (QED) is 0.298. The summed E-state index contributed by atoms with van der Waals surface area (Å²) in [7, 11) is 1.26. The maximum atomic E-state index is 9.63. The lowest BCUT2D eigenvalue weighted by Crippen LogP contribution is -2.38. The van der Waals surface area contributed by atoms with Crippen LogP contribution in [-0.4, -0.2) is 30.1 Å². The van der Waals surface area contributed by atoms with Gasteiger partial charge in [-0.25, -0.2) is 0 Å². The van der Waals surface area contributed by atoms with Gasteiger partial charge in [0.2, 0.25) is 0 Å². The summed E-state index contributed by atoms with van der Waals surface area (Å²) in [6, 6.07) is 0. The number of hydroxylamine groups is 2. The van der Waals surface area contributed by atoms with Gasteiger partial charge in [0.15, 0.2) is 11.8 Å². The standard InChI is InChI=1S/C3H10N3O2/c1-6(8,5-7)3-2-4/h8H,2-4H2,1H3/q+1. The minimum absolute atomic E-state index is 0.156. The van der Waals surface area contributed by atoms with Gasteiger partial charge in [0.25, 0.3) is 0 Å². The molecular formula is C3H10N3O2+. The Labute approximate surface area is 47.2 Å². The number of nitroso groups, excluding NO2 is 1. The Morgan fingerprint density at radius 1 is 1.88 bits per heavy atom. The van der Waals surface area contributed by atoms with Crippen LogP contribution in [0.3, 0.4) is 0 Å². The molecule has 48 valence electrons. The molecule has 0 radical (unpaired) electrons. The number of nitrogens with zero attached hydrogens (tertiary/aromatic N) is 2. The first-order valence-electron chi connectivity index (χ1n) is 2.25. The molecule has 0 saturated heterocycles. The summed E-state index contributed by atoms with van der Waals surface area (Å²) in [5.74, 6) is 0. The Morgan fingerprint density at radius 3 is 2.50 bits per heavy atom. The highest BCUT2D eigenvalue weighted by atomic mass is 16.6. The average Bonchev–Trinajstić information content (AvgIpc) is 1.67. The van der Waals surface area contributed by atoms with Crippen LogP contribution in [0.1, 0.15) is 0 Å². The first kappa shape index (κ1) is 7.48. The highest BCUT2D eigenvalue weighted by Gasteiger charge is 2.17. The third-order valence-electron chi connectivity index (χ3n) is 0.729. The molecule has 0 aliphatic rings. The van der Waals surface area contributed by atoms with E-state index in [1.807, 2.05) is 0 Å². The summed E-state index contributed by atoms with van der Waals surface area (Å²) in [5.41, 5.74) is 5.02. The van der Waals surface area contributed by atoms with E-state index in [1.165, 1.54) is 7.05 Å². The van der Waals surface area contributed by atoms with Gasteiger partial charge in [0.05, 0.1) is 0 Å². The lowest BCUT2D eigenvalue weighted by Gasteiger charge is -2.10. The molecule has 3 N–H and O–H groups in total. The van der Waals surface area contributed by atoms with E-state index in [1.54, 1.807) is 0 Å². The summed E-state index contributed by atoms with van der Waals surface area (Å²) < 4.78 is -0.892. The van der Waals surface area contributed by atoms with Crippen molar-refractivity contribution in [2.45, 2.75) is 0 Å². The highest BCUT2D eigenvalue weighted by Crippen LogP contribution is 1.92. The van der Waals surface area contributed by atoms with Crippen LogP contribution in [0, 0.1) is 4.91 Å². The molecule has 0 spiro atoms. The minimum atomic E-state index is -0.892. The van der Waals surface area contributed by atoms with E-state index in [9.17, 15) is 4.91 Å². The molecule has 1 atom stereocenters. The molecule has 0 saturated carbocycles. The average molecular weight is 120 g/mol. The Balaban J connectivity index is 3.53. The monoisotopic (exact) mass is 120 g/mol. The van der Waals surface area contributed by atoms with Crippen molar-refractivity contribution in [3.05, 3.63) is 4.91 Å². The molecule has 0 heterocycles. The fourth-order valence-electron chi connectivity index (χ4n) is 0.285. The van der Waals surface area contributed by atoms with Crippen LogP contribution in [0.2, 0.25) is 0 Å². The number of hydrogen-bond donors (Lipinski definition) is 2. The van der Waals surface area contributed by atoms with Crippen LogP contribution >= 0.6 is 0 Å². The summed E-state index contributed by atoms with van der Waals surface area (Å²) in [5, 5.41) is 11.1. The Kier molecular flexibility index (Phi) is 2.53. The normalized spacial score (nSPS) is 17.4. The highest BCUT2D eigenvalue weighted by molar-refractivity contribution is 4.24. The lowest BCUT2D eigenvalue weighted by molar-refractivity contribution is -1.09. The Morgan fingerprint density at radius 2 is 2.38 bits per heavy atom. The summed E-state index contributed by atoms with van der Waals surface area (Å²) >= 11 is 0. The summed E-state index contributed by atoms with van der Waals surface area (Å²) in [6.07, 6.45) is 0. The molecule has 0 rings (SSSR count). The van der Waals surface area contributed by atoms with Gasteiger partial charge >= 0.3 is 0 Å². The zero-order chi connectivity index (χ0) is 6.62. The van der Waals surface area contributed by atoms with E-state index in [4.69, 9.17) is 10.9 Å². The molecule has 1 unspecified atom stereocenters. The van der Waals surface area contributed by atoms with Crippen LogP contribution in [0.5, 0.6) is 0 Å². The van der Waals surface area contributed by atoms with Crippen LogP contribution in [-0.2, 0) is 0 Å². The number of nitrogens with two attached hydrogens (primary N) is 1. The van der Waals surface area contributed by atoms with E-state index >= 15 is 0 Å². The van der Waals surface area contributed by atoms with Crippen molar-refractivity contribution in [1.82, 2.24) is 0 Å². The van der Waals surface area contributed by atoms with Crippen molar-refractivity contribution >= 4 is 0 Å². The molecule has 5 nitrogen and oxygen atoms in total. The van der Waals surface area contributed by atoms with E-state index < -0.39 is 4.76 Å². The van der Waals surface area contributed by atoms with Gasteiger partial charge in [-0.2, -0.15) is 5.21 Å². The number of likely N-dealkylation sites (N-methyl/N-ethyl adjacent to an activating group) is 1. The van der Waals surface area contributed by atoms with Gasteiger partial charge < -0.3 is 5.73 Å². The number of quaternary nitrogens is 1. The van der Waals surface area contributed by atoms with Crippen molar-refractivity contribution in [2.24, 2.45) is 11.0 Å². The van der Waals surface area contributed by atoms with E-state index in [2.05, 4.69) is 5.29 Å². The predicted molar refractivity (Wildman–Crippen MR) is 27.7 cm³/mol. The molecule has 0 aromatic heterocycles. The third-order valence-corrected chi connectivity index (χ3v) is 0.729. The smallest absolute Gasteiger partial charge is 0.189 e. The van der Waals surface area contributed by atoms with Crippen molar-refractivity contribution in [3.63, 3.8) is 0 Å². The van der Waals surface area contributed by atoms with Crippen LogP contribution in [0.4, 0.5) is 0 Å². The zero-order valence-electron chi connectivity index (χ0n) is 4.74. The Bertz CT molecular complexity index is 82.6. The fraction of sp³-hybridized carbons (Fsp3) is 1.00. The van der Waals surface area contributed by atoms with Gasteiger partial charge in [0.1, 0.15) is 7.05 Å². The van der Waals surface area contributed by atoms with Gasteiger partial charge in [-0.3, -0.25) is 0 Å². The van der Waals surface area contributed by atoms with E-state index in [0.717, 1.165) is 0 Å². The van der Waals surface area contributed by atoms with Crippen molar-refractivity contribution in [3.8, 4) is 0 Å². The first-order valence-corrected chi connectivity index (χ1v) is 2.25. The van der Waals surface area contributed by atoms with Crippen molar-refractivity contribution in [1.29, 1.82) is 0 Å². The fourth-order valence-corrected chi connectivity index (χ4v) is 0.285. The first-order chi connectivity index (χ1) is 3.62. The SMILES string of the molecule is C[N+](O)(CCN)N=O.